The first kappa shape index (κ1) is 15.7. The summed E-state index contributed by atoms with van der Waals surface area (Å²) in [4.78, 5) is 23.3. The summed E-state index contributed by atoms with van der Waals surface area (Å²) in [6.45, 7) is 3.93. The van der Waals surface area contributed by atoms with Crippen molar-refractivity contribution in [1.82, 2.24) is 0 Å². The molecule has 0 spiro atoms. The molecule has 4 saturated carbocycles. The summed E-state index contributed by atoms with van der Waals surface area (Å²) >= 11 is 0. The van der Waals surface area contributed by atoms with Crippen LogP contribution in [0, 0.1) is 35.0 Å². The zero-order valence-electron chi connectivity index (χ0n) is 14.6. The molecule has 0 aromatic rings. The van der Waals surface area contributed by atoms with Gasteiger partial charge in [-0.1, -0.05) is 6.92 Å². The summed E-state index contributed by atoms with van der Waals surface area (Å²) in [6.07, 6.45) is 10.3. The van der Waals surface area contributed by atoms with E-state index in [2.05, 4.69) is 6.92 Å². The average molecular weight is 318 g/mol. The van der Waals surface area contributed by atoms with Gasteiger partial charge < -0.3 is 4.74 Å². The predicted octanol–water partition coefficient (Wildman–Crippen LogP) is 4.14. The van der Waals surface area contributed by atoms with Gasteiger partial charge in [-0.05, 0) is 74.5 Å². The predicted molar refractivity (Wildman–Crippen MR) is 87.7 cm³/mol. The van der Waals surface area contributed by atoms with E-state index in [4.69, 9.17) is 4.74 Å². The second-order valence-corrected chi connectivity index (χ2v) is 8.94. The highest BCUT2D eigenvalue weighted by Crippen LogP contribution is 2.62. The van der Waals surface area contributed by atoms with Gasteiger partial charge in [0.25, 0.3) is 0 Å². The maximum absolute atomic E-state index is 11.8. The van der Waals surface area contributed by atoms with Crippen molar-refractivity contribution in [1.29, 1.82) is 0 Å². The monoisotopic (exact) mass is 318 g/mol. The van der Waals surface area contributed by atoms with Gasteiger partial charge in [-0.3, -0.25) is 9.59 Å². The van der Waals surface area contributed by atoms with Crippen LogP contribution in [0.2, 0.25) is 0 Å². The number of carbonyl (C=O) groups excluding carboxylic acids is 2. The Morgan fingerprint density at radius 3 is 2.65 bits per heavy atom. The average Bonchev–Trinajstić information content (AvgIpc) is 2.83. The summed E-state index contributed by atoms with van der Waals surface area (Å²) in [5.41, 5.74) is 0.199. The van der Waals surface area contributed by atoms with Crippen LogP contribution in [0.15, 0.2) is 0 Å². The molecular weight excluding hydrogens is 288 g/mol. The highest BCUT2D eigenvalue weighted by Gasteiger charge is 2.58. The summed E-state index contributed by atoms with van der Waals surface area (Å²) in [5, 5.41) is 0. The summed E-state index contributed by atoms with van der Waals surface area (Å²) < 4.78 is 5.70. The van der Waals surface area contributed by atoms with Crippen LogP contribution >= 0.6 is 0 Å². The molecule has 0 unspecified atom stereocenters. The van der Waals surface area contributed by atoms with Crippen molar-refractivity contribution in [2.24, 2.45) is 35.0 Å². The van der Waals surface area contributed by atoms with Crippen molar-refractivity contribution >= 4 is 11.8 Å². The van der Waals surface area contributed by atoms with Gasteiger partial charge in [-0.2, -0.15) is 0 Å². The van der Waals surface area contributed by atoms with Gasteiger partial charge in [0.2, 0.25) is 0 Å². The second kappa shape index (κ2) is 5.60. The van der Waals surface area contributed by atoms with Gasteiger partial charge in [0.15, 0.2) is 0 Å². The van der Waals surface area contributed by atoms with Gasteiger partial charge in [0.05, 0.1) is 0 Å². The van der Waals surface area contributed by atoms with E-state index in [1.807, 2.05) is 0 Å². The van der Waals surface area contributed by atoms with Crippen LogP contribution in [-0.4, -0.2) is 17.9 Å². The van der Waals surface area contributed by atoms with Crippen LogP contribution < -0.4 is 0 Å². The Balaban J connectivity index is 1.53. The summed E-state index contributed by atoms with van der Waals surface area (Å²) in [7, 11) is 0. The van der Waals surface area contributed by atoms with E-state index in [0.29, 0.717) is 11.7 Å². The molecule has 0 amide bonds. The molecule has 0 saturated heterocycles. The van der Waals surface area contributed by atoms with Crippen molar-refractivity contribution in [3.8, 4) is 0 Å². The Hall–Kier alpha value is -0.860. The van der Waals surface area contributed by atoms with E-state index in [-0.39, 0.29) is 17.5 Å². The lowest BCUT2D eigenvalue weighted by molar-refractivity contribution is -0.157. The third-order valence-electron chi connectivity index (χ3n) is 7.99. The van der Waals surface area contributed by atoms with E-state index in [1.165, 1.54) is 32.1 Å². The van der Waals surface area contributed by atoms with E-state index in [0.717, 1.165) is 49.4 Å². The van der Waals surface area contributed by atoms with Crippen molar-refractivity contribution in [2.45, 2.75) is 77.7 Å². The first-order valence-electron chi connectivity index (χ1n) is 9.68. The zero-order chi connectivity index (χ0) is 16.2. The SMILES string of the molecule is CC(=O)O[C@@H]1CC[C@@H]2[C@@H]3CC[C@@H]4CC(=O)CC[C@@H]4[C@H]3CC[C@@]21C. The van der Waals surface area contributed by atoms with Crippen LogP contribution in [0.25, 0.3) is 0 Å². The Kier molecular flexibility index (Phi) is 3.81. The molecule has 0 radical (unpaired) electrons. The topological polar surface area (TPSA) is 43.4 Å². The highest BCUT2D eigenvalue weighted by atomic mass is 16.5. The highest BCUT2D eigenvalue weighted by molar-refractivity contribution is 5.79. The fourth-order valence-electron chi connectivity index (χ4n) is 7.01. The van der Waals surface area contributed by atoms with Crippen molar-refractivity contribution in [3.63, 3.8) is 0 Å². The molecule has 23 heavy (non-hydrogen) atoms. The maximum Gasteiger partial charge on any atom is 0.302 e. The second-order valence-electron chi connectivity index (χ2n) is 8.94. The van der Waals surface area contributed by atoms with Crippen molar-refractivity contribution < 1.29 is 14.3 Å². The minimum Gasteiger partial charge on any atom is -0.462 e. The van der Waals surface area contributed by atoms with Crippen LogP contribution in [0.1, 0.15) is 71.6 Å². The van der Waals surface area contributed by atoms with Crippen molar-refractivity contribution in [2.75, 3.05) is 0 Å². The molecule has 3 nitrogen and oxygen atoms in total. The zero-order valence-corrected chi connectivity index (χ0v) is 14.6. The number of carbonyl (C=O) groups is 2. The smallest absolute Gasteiger partial charge is 0.302 e. The number of rotatable bonds is 1. The Labute approximate surface area is 139 Å². The molecule has 128 valence electrons. The van der Waals surface area contributed by atoms with Crippen LogP contribution in [0.5, 0.6) is 0 Å². The van der Waals surface area contributed by atoms with E-state index >= 15 is 0 Å². The molecule has 0 bridgehead atoms. The third kappa shape index (κ3) is 2.46. The Bertz CT molecular complexity index is 513. The number of ether oxygens (including phenoxy) is 1. The Morgan fingerprint density at radius 1 is 1.04 bits per heavy atom. The lowest BCUT2D eigenvalue weighted by Crippen LogP contribution is -2.50. The fourth-order valence-corrected chi connectivity index (χ4v) is 7.01. The van der Waals surface area contributed by atoms with Gasteiger partial charge >= 0.3 is 5.97 Å². The molecule has 4 fully saturated rings. The Morgan fingerprint density at radius 2 is 1.87 bits per heavy atom. The minimum atomic E-state index is -0.117. The van der Waals surface area contributed by atoms with Crippen LogP contribution in [0.4, 0.5) is 0 Å². The largest absolute Gasteiger partial charge is 0.462 e. The van der Waals surface area contributed by atoms with Crippen LogP contribution in [-0.2, 0) is 14.3 Å². The number of hydrogen-bond donors (Lipinski definition) is 0. The van der Waals surface area contributed by atoms with E-state index in [9.17, 15) is 9.59 Å². The first-order chi connectivity index (χ1) is 11.0. The molecule has 0 aliphatic heterocycles. The fraction of sp³-hybridized carbons (Fsp3) is 0.900. The maximum atomic E-state index is 11.8. The number of ketones is 1. The van der Waals surface area contributed by atoms with Gasteiger partial charge in [0, 0.05) is 25.2 Å². The number of esters is 1. The van der Waals surface area contributed by atoms with Gasteiger partial charge in [0.1, 0.15) is 11.9 Å². The molecule has 7 atom stereocenters. The molecule has 4 rings (SSSR count). The van der Waals surface area contributed by atoms with Gasteiger partial charge in [-0.15, -0.1) is 0 Å². The first-order valence-corrected chi connectivity index (χ1v) is 9.68. The number of hydrogen-bond acceptors (Lipinski definition) is 3. The normalized spacial score (nSPS) is 49.0. The molecule has 0 heterocycles. The molecule has 4 aliphatic rings. The van der Waals surface area contributed by atoms with E-state index in [1.54, 1.807) is 6.92 Å². The standard InChI is InChI=1S/C20H30O3/c1-12(21)23-19-8-7-18-17-5-3-13-11-14(22)4-6-15(13)16(17)9-10-20(18,19)2/h13,15-19H,3-11H2,1-2H3/t13-,15+,16-,17-,18-,19-,20+/m1/s1. The molecule has 4 aliphatic carbocycles. The minimum absolute atomic E-state index is 0.117. The lowest BCUT2D eigenvalue weighted by atomic mass is 9.50. The molecule has 3 heteroatoms. The number of fused-ring (bicyclic) bond motifs is 5. The molecule has 0 aromatic carbocycles. The number of Topliss-reactive ketones (excluding diaryl/α,β-unsaturated/α-hetero) is 1. The third-order valence-corrected chi connectivity index (χ3v) is 7.99. The summed E-state index contributed by atoms with van der Waals surface area (Å²) in [6, 6.07) is 0. The quantitative estimate of drug-likeness (QED) is 0.682. The molecular formula is C20H30O3. The van der Waals surface area contributed by atoms with E-state index < -0.39 is 0 Å². The molecule has 0 N–H and O–H groups in total. The summed E-state index contributed by atoms with van der Waals surface area (Å²) in [5.74, 6) is 4.22. The van der Waals surface area contributed by atoms with Gasteiger partial charge in [-0.25, -0.2) is 0 Å². The molecule has 0 aromatic heterocycles. The lowest BCUT2D eigenvalue weighted by Gasteiger charge is -2.55. The van der Waals surface area contributed by atoms with Crippen molar-refractivity contribution in [3.05, 3.63) is 0 Å². The van der Waals surface area contributed by atoms with Crippen LogP contribution in [0.3, 0.4) is 0 Å².